The fourth-order valence-corrected chi connectivity index (χ4v) is 3.41. The molecule has 3 nitrogen and oxygen atoms in total. The highest BCUT2D eigenvalue weighted by atomic mass is 79.9. The Morgan fingerprint density at radius 1 is 1.21 bits per heavy atom. The van der Waals surface area contributed by atoms with E-state index >= 15 is 0 Å². The molecule has 100 valence electrons. The summed E-state index contributed by atoms with van der Waals surface area (Å²) in [7, 11) is 0. The quantitative estimate of drug-likeness (QED) is 0.875. The van der Waals surface area contributed by atoms with Gasteiger partial charge >= 0.3 is 0 Å². The lowest BCUT2D eigenvalue weighted by Gasteiger charge is -2.31. The average molecular weight is 320 g/mol. The molecule has 1 aromatic carbocycles. The first-order valence-corrected chi connectivity index (χ1v) is 7.47. The third-order valence-corrected chi connectivity index (χ3v) is 4.25. The van der Waals surface area contributed by atoms with E-state index in [4.69, 9.17) is 0 Å². The summed E-state index contributed by atoms with van der Waals surface area (Å²) >= 11 is 3.68. The number of anilines is 1. The first kappa shape index (κ1) is 12.9. The number of aromatic nitrogens is 1. The van der Waals surface area contributed by atoms with E-state index in [2.05, 4.69) is 57.1 Å². The molecule has 1 N–H and O–H groups in total. The standard InChI is InChI=1S/C15H18BrN3/c1-10-7-11(2)14-13(8-10)18-9-12(16)15(14)19-5-3-17-4-6-19/h7-9,17H,3-6H2,1-2H3. The number of hydrogen-bond acceptors (Lipinski definition) is 3. The number of pyridine rings is 1. The number of rotatable bonds is 1. The van der Waals surface area contributed by atoms with Crippen molar-refractivity contribution >= 4 is 32.5 Å². The number of piperazine rings is 1. The number of nitrogens with one attached hydrogen (secondary N) is 1. The van der Waals surface area contributed by atoms with Crippen molar-refractivity contribution in [2.75, 3.05) is 31.1 Å². The van der Waals surface area contributed by atoms with E-state index in [0.29, 0.717) is 0 Å². The van der Waals surface area contributed by atoms with Gasteiger partial charge in [-0.25, -0.2) is 0 Å². The molecule has 2 aromatic rings. The van der Waals surface area contributed by atoms with E-state index in [0.717, 1.165) is 36.2 Å². The minimum atomic E-state index is 1.04. The molecule has 4 heteroatoms. The molecule has 1 saturated heterocycles. The summed E-state index contributed by atoms with van der Waals surface area (Å²) in [4.78, 5) is 7.02. The maximum atomic E-state index is 4.57. The normalized spacial score (nSPS) is 16.1. The summed E-state index contributed by atoms with van der Waals surface area (Å²) < 4.78 is 1.09. The third-order valence-electron chi connectivity index (χ3n) is 3.67. The van der Waals surface area contributed by atoms with Gasteiger partial charge in [0.1, 0.15) is 0 Å². The number of nitrogens with zero attached hydrogens (tertiary/aromatic N) is 2. The summed E-state index contributed by atoms with van der Waals surface area (Å²) in [6, 6.07) is 4.41. The Labute approximate surface area is 122 Å². The second-order valence-electron chi connectivity index (χ2n) is 5.17. The molecule has 1 aliphatic rings. The van der Waals surface area contributed by atoms with Crippen LogP contribution in [0.4, 0.5) is 5.69 Å². The highest BCUT2D eigenvalue weighted by molar-refractivity contribution is 9.10. The number of benzene rings is 1. The number of halogens is 1. The van der Waals surface area contributed by atoms with Crippen LogP contribution < -0.4 is 10.2 Å². The van der Waals surface area contributed by atoms with Gasteiger partial charge in [-0.05, 0) is 47.0 Å². The van der Waals surface area contributed by atoms with Crippen molar-refractivity contribution in [3.63, 3.8) is 0 Å². The summed E-state index contributed by atoms with van der Waals surface area (Å²) in [5, 5.41) is 4.68. The van der Waals surface area contributed by atoms with Crippen molar-refractivity contribution in [2.45, 2.75) is 13.8 Å². The van der Waals surface area contributed by atoms with E-state index in [1.54, 1.807) is 0 Å². The van der Waals surface area contributed by atoms with E-state index in [-0.39, 0.29) is 0 Å². The maximum absolute atomic E-state index is 4.57. The highest BCUT2D eigenvalue weighted by Crippen LogP contribution is 2.35. The van der Waals surface area contributed by atoms with Crippen molar-refractivity contribution in [2.24, 2.45) is 0 Å². The number of hydrogen-bond donors (Lipinski definition) is 1. The van der Waals surface area contributed by atoms with Gasteiger partial charge in [-0.3, -0.25) is 4.98 Å². The van der Waals surface area contributed by atoms with Crippen molar-refractivity contribution in [1.29, 1.82) is 0 Å². The van der Waals surface area contributed by atoms with Gasteiger partial charge in [0.15, 0.2) is 0 Å². The van der Waals surface area contributed by atoms with Crippen LogP contribution in [-0.4, -0.2) is 31.2 Å². The molecule has 1 fully saturated rings. The van der Waals surface area contributed by atoms with Gasteiger partial charge in [0.05, 0.1) is 15.7 Å². The average Bonchev–Trinajstić information content (AvgIpc) is 2.40. The van der Waals surface area contributed by atoms with Crippen molar-refractivity contribution in [1.82, 2.24) is 10.3 Å². The van der Waals surface area contributed by atoms with E-state index < -0.39 is 0 Å². The van der Waals surface area contributed by atoms with Crippen LogP contribution in [0.1, 0.15) is 11.1 Å². The second-order valence-corrected chi connectivity index (χ2v) is 6.02. The zero-order valence-corrected chi connectivity index (χ0v) is 12.9. The first-order valence-electron chi connectivity index (χ1n) is 6.68. The van der Waals surface area contributed by atoms with E-state index in [9.17, 15) is 0 Å². The Bertz CT molecular complexity index is 618. The smallest absolute Gasteiger partial charge is 0.0729 e. The predicted molar refractivity (Wildman–Crippen MR) is 84.0 cm³/mol. The predicted octanol–water partition coefficient (Wildman–Crippen LogP) is 3.02. The van der Waals surface area contributed by atoms with Crippen LogP contribution in [0.25, 0.3) is 10.9 Å². The molecule has 0 aliphatic carbocycles. The first-order chi connectivity index (χ1) is 9.16. The molecular weight excluding hydrogens is 302 g/mol. The van der Waals surface area contributed by atoms with Gasteiger partial charge in [-0.1, -0.05) is 6.07 Å². The Kier molecular flexibility index (Phi) is 3.46. The van der Waals surface area contributed by atoms with E-state index in [1.807, 2.05) is 6.20 Å². The summed E-state index contributed by atoms with van der Waals surface area (Å²) in [5.41, 5.74) is 4.96. The molecule has 2 heterocycles. The lowest BCUT2D eigenvalue weighted by molar-refractivity contribution is 0.589. The molecule has 1 aromatic heterocycles. The molecule has 0 unspecified atom stereocenters. The van der Waals surface area contributed by atoms with Gasteiger partial charge in [-0.2, -0.15) is 0 Å². The Balaban J connectivity index is 2.23. The number of aryl methyl sites for hydroxylation is 2. The zero-order valence-electron chi connectivity index (χ0n) is 11.3. The van der Waals surface area contributed by atoms with Crippen LogP contribution in [0, 0.1) is 13.8 Å². The van der Waals surface area contributed by atoms with Gasteiger partial charge in [0, 0.05) is 37.8 Å². The minimum Gasteiger partial charge on any atom is -0.367 e. The van der Waals surface area contributed by atoms with Crippen LogP contribution in [-0.2, 0) is 0 Å². The topological polar surface area (TPSA) is 28.2 Å². The van der Waals surface area contributed by atoms with Crippen LogP contribution in [0.5, 0.6) is 0 Å². The van der Waals surface area contributed by atoms with Crippen LogP contribution in [0.15, 0.2) is 22.8 Å². The molecule has 0 radical (unpaired) electrons. The fraction of sp³-hybridized carbons (Fsp3) is 0.400. The molecule has 3 rings (SSSR count). The summed E-state index contributed by atoms with van der Waals surface area (Å²) in [6.07, 6.45) is 1.93. The summed E-state index contributed by atoms with van der Waals surface area (Å²) in [6.45, 7) is 8.48. The largest absolute Gasteiger partial charge is 0.367 e. The molecule has 0 spiro atoms. The van der Waals surface area contributed by atoms with Gasteiger partial charge < -0.3 is 10.2 Å². The summed E-state index contributed by atoms with van der Waals surface area (Å²) in [5.74, 6) is 0. The van der Waals surface area contributed by atoms with Gasteiger partial charge in [0.25, 0.3) is 0 Å². The Hall–Kier alpha value is -1.13. The number of fused-ring (bicyclic) bond motifs is 1. The van der Waals surface area contributed by atoms with Crippen LogP contribution in [0.3, 0.4) is 0 Å². The SMILES string of the molecule is Cc1cc(C)c2c(N3CCNCC3)c(Br)cnc2c1. The molecule has 0 saturated carbocycles. The minimum absolute atomic E-state index is 1.04. The van der Waals surface area contributed by atoms with Crippen molar-refractivity contribution < 1.29 is 0 Å². The van der Waals surface area contributed by atoms with Crippen molar-refractivity contribution in [3.05, 3.63) is 33.9 Å². The van der Waals surface area contributed by atoms with Crippen molar-refractivity contribution in [3.8, 4) is 0 Å². The van der Waals surface area contributed by atoms with Crippen LogP contribution in [0.2, 0.25) is 0 Å². The van der Waals surface area contributed by atoms with Gasteiger partial charge in [-0.15, -0.1) is 0 Å². The lowest BCUT2D eigenvalue weighted by atomic mass is 10.0. The van der Waals surface area contributed by atoms with E-state index in [1.165, 1.54) is 22.2 Å². The molecule has 19 heavy (non-hydrogen) atoms. The van der Waals surface area contributed by atoms with Crippen LogP contribution >= 0.6 is 15.9 Å². The molecular formula is C15H18BrN3. The Morgan fingerprint density at radius 2 is 1.95 bits per heavy atom. The molecule has 0 bridgehead atoms. The molecule has 0 atom stereocenters. The highest BCUT2D eigenvalue weighted by Gasteiger charge is 2.18. The fourth-order valence-electron chi connectivity index (χ4n) is 2.86. The molecule has 0 amide bonds. The third kappa shape index (κ3) is 2.35. The zero-order chi connectivity index (χ0) is 13.4. The van der Waals surface area contributed by atoms with Gasteiger partial charge in [0.2, 0.25) is 0 Å². The Morgan fingerprint density at radius 3 is 2.68 bits per heavy atom. The second kappa shape index (κ2) is 5.10. The molecule has 1 aliphatic heterocycles. The monoisotopic (exact) mass is 319 g/mol. The lowest BCUT2D eigenvalue weighted by Crippen LogP contribution is -2.43. The maximum Gasteiger partial charge on any atom is 0.0729 e.